The molecule has 0 unspecified atom stereocenters. The Balaban J connectivity index is 1.24. The lowest BCUT2D eigenvalue weighted by Gasteiger charge is -2.37. The van der Waals surface area contributed by atoms with Gasteiger partial charge in [0.2, 0.25) is 0 Å². The Hall–Kier alpha value is -6.90. The molecule has 2 aliphatic rings. The monoisotopic (exact) mass is 775 g/mol. The minimum Gasteiger partial charge on any atom is -0.312 e. The molecule has 10 radical (unpaired) electrons. The summed E-state index contributed by atoms with van der Waals surface area (Å²) in [5, 5.41) is 0. The summed E-state index contributed by atoms with van der Waals surface area (Å²) >= 11 is 0. The topological polar surface area (TPSA) is 3.24 Å². The van der Waals surface area contributed by atoms with Crippen LogP contribution in [-0.4, -0.2) is 39.2 Å². The molecule has 62 heavy (non-hydrogen) atoms. The summed E-state index contributed by atoms with van der Waals surface area (Å²) in [5.41, 5.74) is 15.8. The average Bonchev–Trinajstić information content (AvgIpc) is 3.80. The Bertz CT molecular complexity index is 2900. The largest absolute Gasteiger partial charge is 0.312 e. The van der Waals surface area contributed by atoms with Crippen LogP contribution in [0, 0.1) is 0 Å². The Kier molecular flexibility index (Phi) is 8.98. The fraction of sp³-hybridized carbons (Fsp3) is 0.0357. The van der Waals surface area contributed by atoms with E-state index in [2.05, 4.69) is 211 Å². The van der Waals surface area contributed by atoms with E-state index < -0.39 is 10.8 Å². The van der Waals surface area contributed by atoms with Crippen molar-refractivity contribution in [3.05, 3.63) is 251 Å². The first kappa shape index (κ1) is 38.1. The van der Waals surface area contributed by atoms with Gasteiger partial charge in [0.1, 0.15) is 39.2 Å². The Morgan fingerprint density at radius 1 is 0.274 bits per heavy atom. The van der Waals surface area contributed by atoms with Crippen molar-refractivity contribution in [2.45, 2.75) is 10.8 Å². The molecule has 278 valence electrons. The zero-order chi connectivity index (χ0) is 42.2. The third kappa shape index (κ3) is 5.29. The zero-order valence-corrected chi connectivity index (χ0v) is 34.0. The van der Waals surface area contributed by atoms with Gasteiger partial charge < -0.3 is 4.90 Å². The number of benzene rings is 9. The van der Waals surface area contributed by atoms with Crippen molar-refractivity contribution in [3.8, 4) is 22.3 Å². The molecule has 6 heteroatoms. The van der Waals surface area contributed by atoms with Crippen LogP contribution in [0.15, 0.2) is 206 Å². The predicted molar refractivity (Wildman–Crippen MR) is 263 cm³/mol. The van der Waals surface area contributed by atoms with Gasteiger partial charge in [0.25, 0.3) is 0 Å². The maximum absolute atomic E-state index is 7.08. The smallest absolute Gasteiger partial charge is 0.115 e. The first-order valence-electron chi connectivity index (χ1n) is 20.9. The number of rotatable bonds is 7. The average molecular weight is 775 g/mol. The fourth-order valence-electron chi connectivity index (χ4n) is 10.6. The Morgan fingerprint density at radius 3 is 0.919 bits per heavy atom. The van der Waals surface area contributed by atoms with Crippen molar-refractivity contribution in [2.24, 2.45) is 0 Å². The standard InChI is InChI=1S/C56H34B5N/c57-49-50(58)52(60)54(53(61)51(49)59)62(39-29-31-43-41-25-13-15-27-45(41)55(47(43)33-39,35-17-5-1-6-18-35)36-19-7-2-8-20-36)40-30-32-44-42-26-14-16-28-46(42)56(48(44)34-40,37-21-9-3-10-22-37)38-23-11-4-12-24-38/h1-34H. The fourth-order valence-corrected chi connectivity index (χ4v) is 10.6. The number of nitrogens with zero attached hydrogens (tertiary/aromatic N) is 1. The quantitative estimate of drug-likeness (QED) is 0.149. The SMILES string of the molecule is [B]c1c([B])c([B])c(N(c2ccc3c(c2)C(c2ccccc2)(c2ccccc2)c2ccccc2-3)c2ccc3c(c2)C(c2ccccc2)(c2ccccc2)c2ccccc2-3)c([B])c1[B]. The van der Waals surface area contributed by atoms with Gasteiger partial charge in [0, 0.05) is 17.1 Å². The normalized spacial score (nSPS) is 13.7. The van der Waals surface area contributed by atoms with Gasteiger partial charge in [-0.25, -0.2) is 0 Å². The number of anilines is 3. The van der Waals surface area contributed by atoms with E-state index in [1.165, 1.54) is 22.3 Å². The van der Waals surface area contributed by atoms with Crippen LogP contribution in [0.4, 0.5) is 17.1 Å². The summed E-state index contributed by atoms with van der Waals surface area (Å²) < 4.78 is 0. The number of hydrogen-bond acceptors (Lipinski definition) is 1. The second-order valence-electron chi connectivity index (χ2n) is 16.3. The van der Waals surface area contributed by atoms with Crippen molar-refractivity contribution in [3.63, 3.8) is 0 Å². The highest BCUT2D eigenvalue weighted by Gasteiger charge is 2.48. The molecular weight excluding hydrogens is 741 g/mol. The molecule has 0 heterocycles. The van der Waals surface area contributed by atoms with Crippen molar-refractivity contribution in [2.75, 3.05) is 4.90 Å². The van der Waals surface area contributed by atoms with Crippen molar-refractivity contribution in [1.82, 2.24) is 0 Å². The molecule has 0 saturated carbocycles. The zero-order valence-electron chi connectivity index (χ0n) is 34.0. The van der Waals surface area contributed by atoms with Crippen LogP contribution < -0.4 is 32.2 Å². The molecule has 0 atom stereocenters. The van der Waals surface area contributed by atoms with E-state index in [-0.39, 0.29) is 27.3 Å². The van der Waals surface area contributed by atoms with Gasteiger partial charge in [-0.1, -0.05) is 193 Å². The summed E-state index contributed by atoms with van der Waals surface area (Å²) in [6.07, 6.45) is 0. The minimum absolute atomic E-state index is 0.164. The maximum atomic E-state index is 7.08. The summed E-state index contributed by atoms with van der Waals surface area (Å²) in [6.45, 7) is 0. The molecule has 2 aliphatic carbocycles. The highest BCUT2D eigenvalue weighted by molar-refractivity contribution is 6.69. The van der Waals surface area contributed by atoms with E-state index in [4.69, 9.17) is 39.2 Å². The van der Waals surface area contributed by atoms with Crippen LogP contribution in [-0.2, 0) is 10.8 Å². The van der Waals surface area contributed by atoms with Crippen molar-refractivity contribution >= 4 is 83.6 Å². The molecule has 0 aliphatic heterocycles. The van der Waals surface area contributed by atoms with Crippen LogP contribution in [0.25, 0.3) is 22.3 Å². The molecule has 0 amide bonds. The molecule has 0 N–H and O–H groups in total. The van der Waals surface area contributed by atoms with Crippen LogP contribution >= 0.6 is 0 Å². The molecule has 9 aromatic carbocycles. The maximum Gasteiger partial charge on any atom is 0.115 e. The van der Waals surface area contributed by atoms with E-state index >= 15 is 0 Å². The van der Waals surface area contributed by atoms with Gasteiger partial charge in [0.15, 0.2) is 0 Å². The highest BCUT2D eigenvalue weighted by Crippen LogP contribution is 2.59. The highest BCUT2D eigenvalue weighted by atomic mass is 15.1. The van der Waals surface area contributed by atoms with E-state index in [1.807, 2.05) is 0 Å². The first-order chi connectivity index (χ1) is 30.4. The van der Waals surface area contributed by atoms with Gasteiger partial charge in [-0.15, -0.1) is 16.4 Å². The van der Waals surface area contributed by atoms with E-state index in [0.717, 1.165) is 55.9 Å². The van der Waals surface area contributed by atoms with Gasteiger partial charge >= 0.3 is 0 Å². The van der Waals surface area contributed by atoms with Crippen LogP contribution in [0.1, 0.15) is 44.5 Å². The third-order valence-corrected chi connectivity index (χ3v) is 13.3. The van der Waals surface area contributed by atoms with E-state index in [9.17, 15) is 0 Å². The summed E-state index contributed by atoms with van der Waals surface area (Å²) in [7, 11) is 34.1. The Morgan fingerprint density at radius 2 is 0.565 bits per heavy atom. The molecule has 0 spiro atoms. The lowest BCUT2D eigenvalue weighted by atomic mass is 9.61. The Labute approximate surface area is 370 Å². The lowest BCUT2D eigenvalue weighted by Crippen LogP contribution is -2.56. The summed E-state index contributed by atoms with van der Waals surface area (Å²) in [5.74, 6) is 0. The molecule has 0 bridgehead atoms. The third-order valence-electron chi connectivity index (χ3n) is 13.3. The molecular formula is C56H34B5N. The molecule has 0 fully saturated rings. The van der Waals surface area contributed by atoms with Crippen molar-refractivity contribution in [1.29, 1.82) is 0 Å². The lowest BCUT2D eigenvalue weighted by molar-refractivity contribution is 0.767. The van der Waals surface area contributed by atoms with Crippen LogP contribution in [0.2, 0.25) is 0 Å². The number of fused-ring (bicyclic) bond motifs is 6. The molecule has 9 aromatic rings. The second kappa shape index (κ2) is 14.6. The van der Waals surface area contributed by atoms with Gasteiger partial charge in [-0.05, 0) is 91.0 Å². The van der Waals surface area contributed by atoms with Gasteiger partial charge in [0.05, 0.1) is 10.8 Å². The minimum atomic E-state index is -0.651. The van der Waals surface area contributed by atoms with E-state index in [0.29, 0.717) is 5.69 Å². The molecule has 1 nitrogen and oxygen atoms in total. The summed E-state index contributed by atoms with van der Waals surface area (Å²) in [4.78, 5) is 2.12. The predicted octanol–water partition coefficient (Wildman–Crippen LogP) is 7.85. The van der Waals surface area contributed by atoms with Crippen LogP contribution in [0.3, 0.4) is 0 Å². The van der Waals surface area contributed by atoms with Crippen LogP contribution in [0.5, 0.6) is 0 Å². The molecule has 0 aromatic heterocycles. The van der Waals surface area contributed by atoms with Gasteiger partial charge in [-0.2, -0.15) is 0 Å². The molecule has 11 rings (SSSR count). The van der Waals surface area contributed by atoms with E-state index in [1.54, 1.807) is 0 Å². The first-order valence-corrected chi connectivity index (χ1v) is 20.9. The molecule has 0 saturated heterocycles. The summed E-state index contributed by atoms with van der Waals surface area (Å²) in [6, 6.07) is 73.8. The second-order valence-corrected chi connectivity index (χ2v) is 16.3. The van der Waals surface area contributed by atoms with Crippen molar-refractivity contribution < 1.29 is 0 Å². The number of hydrogen-bond donors (Lipinski definition) is 0. The van der Waals surface area contributed by atoms with Gasteiger partial charge in [-0.3, -0.25) is 0 Å².